The lowest BCUT2D eigenvalue weighted by Crippen LogP contribution is -2.32. The Morgan fingerprint density at radius 3 is 2.39 bits per heavy atom. The molecule has 0 heterocycles. The van der Waals surface area contributed by atoms with Gasteiger partial charge in [-0.25, -0.2) is 4.79 Å². The molecule has 0 rings (SSSR count). The van der Waals surface area contributed by atoms with E-state index in [0.717, 1.165) is 0 Å². The van der Waals surface area contributed by atoms with Crippen molar-refractivity contribution in [2.24, 2.45) is 5.92 Å². The SMILES string of the molecule is CCC(/C=C\CNC(=O)OC(C)(C)C)C(=O)OC. The van der Waals surface area contributed by atoms with Gasteiger partial charge < -0.3 is 14.8 Å². The zero-order valence-electron chi connectivity index (χ0n) is 11.8. The van der Waals surface area contributed by atoms with E-state index < -0.39 is 11.7 Å². The highest BCUT2D eigenvalue weighted by atomic mass is 16.6. The van der Waals surface area contributed by atoms with Crippen molar-refractivity contribution in [1.82, 2.24) is 5.32 Å². The molecule has 1 amide bonds. The number of hydrogen-bond acceptors (Lipinski definition) is 4. The first-order chi connectivity index (χ1) is 8.30. The van der Waals surface area contributed by atoms with Crippen LogP contribution in [0.5, 0.6) is 0 Å². The summed E-state index contributed by atoms with van der Waals surface area (Å²) in [7, 11) is 1.36. The molecule has 1 N–H and O–H groups in total. The van der Waals surface area contributed by atoms with Crippen molar-refractivity contribution in [3.8, 4) is 0 Å². The molecule has 0 radical (unpaired) electrons. The van der Waals surface area contributed by atoms with Gasteiger partial charge in [-0.2, -0.15) is 0 Å². The van der Waals surface area contributed by atoms with E-state index >= 15 is 0 Å². The summed E-state index contributed by atoms with van der Waals surface area (Å²) < 4.78 is 9.71. The molecule has 0 saturated heterocycles. The van der Waals surface area contributed by atoms with Crippen molar-refractivity contribution in [3.05, 3.63) is 12.2 Å². The second-order valence-electron chi connectivity index (χ2n) is 4.85. The minimum Gasteiger partial charge on any atom is -0.469 e. The molecular weight excluding hydrogens is 234 g/mol. The van der Waals surface area contributed by atoms with Gasteiger partial charge in [0.25, 0.3) is 0 Å². The zero-order chi connectivity index (χ0) is 14.2. The van der Waals surface area contributed by atoms with Crippen molar-refractivity contribution in [1.29, 1.82) is 0 Å². The Labute approximate surface area is 109 Å². The summed E-state index contributed by atoms with van der Waals surface area (Å²) >= 11 is 0. The number of nitrogens with one attached hydrogen (secondary N) is 1. The van der Waals surface area contributed by atoms with E-state index in [2.05, 4.69) is 10.1 Å². The Balaban J connectivity index is 4.03. The highest BCUT2D eigenvalue weighted by Crippen LogP contribution is 2.07. The molecule has 0 aromatic carbocycles. The highest BCUT2D eigenvalue weighted by Gasteiger charge is 2.15. The summed E-state index contributed by atoms with van der Waals surface area (Å²) in [5, 5.41) is 2.58. The number of carbonyl (C=O) groups is 2. The average Bonchev–Trinajstić information content (AvgIpc) is 2.26. The Hall–Kier alpha value is -1.52. The van der Waals surface area contributed by atoms with Crippen molar-refractivity contribution in [3.63, 3.8) is 0 Å². The van der Waals surface area contributed by atoms with E-state index in [4.69, 9.17) is 4.74 Å². The van der Waals surface area contributed by atoms with Crippen LogP contribution >= 0.6 is 0 Å². The van der Waals surface area contributed by atoms with Crippen LogP contribution in [0.25, 0.3) is 0 Å². The number of carbonyl (C=O) groups excluding carboxylic acids is 2. The van der Waals surface area contributed by atoms with E-state index in [1.54, 1.807) is 32.9 Å². The van der Waals surface area contributed by atoms with Crippen LogP contribution in [-0.4, -0.2) is 31.3 Å². The fourth-order valence-electron chi connectivity index (χ4n) is 1.22. The monoisotopic (exact) mass is 257 g/mol. The predicted molar refractivity (Wildman–Crippen MR) is 69.2 cm³/mol. The normalized spacial score (nSPS) is 13.2. The van der Waals surface area contributed by atoms with Gasteiger partial charge in [0.2, 0.25) is 0 Å². The van der Waals surface area contributed by atoms with E-state index in [1.807, 2.05) is 6.92 Å². The van der Waals surface area contributed by atoms with Crippen LogP contribution in [0.1, 0.15) is 34.1 Å². The molecule has 0 aliphatic carbocycles. The molecule has 0 fully saturated rings. The zero-order valence-corrected chi connectivity index (χ0v) is 11.8. The van der Waals surface area contributed by atoms with Gasteiger partial charge in [0.05, 0.1) is 13.0 Å². The van der Waals surface area contributed by atoms with Crippen molar-refractivity contribution >= 4 is 12.1 Å². The van der Waals surface area contributed by atoms with Crippen LogP contribution in [0.3, 0.4) is 0 Å². The van der Waals surface area contributed by atoms with Gasteiger partial charge in [-0.1, -0.05) is 19.1 Å². The summed E-state index contributed by atoms with van der Waals surface area (Å²) in [4.78, 5) is 22.6. The molecule has 0 aromatic rings. The predicted octanol–water partition coefficient (Wildman–Crippen LogP) is 2.27. The quantitative estimate of drug-likeness (QED) is 0.606. The molecule has 18 heavy (non-hydrogen) atoms. The van der Waals surface area contributed by atoms with E-state index in [0.29, 0.717) is 13.0 Å². The van der Waals surface area contributed by atoms with Gasteiger partial charge in [0, 0.05) is 6.54 Å². The third-order valence-electron chi connectivity index (χ3n) is 2.08. The molecule has 104 valence electrons. The first kappa shape index (κ1) is 16.5. The van der Waals surface area contributed by atoms with Gasteiger partial charge in [0.15, 0.2) is 0 Å². The van der Waals surface area contributed by atoms with E-state index in [-0.39, 0.29) is 11.9 Å². The van der Waals surface area contributed by atoms with E-state index in [1.165, 1.54) is 7.11 Å². The lowest BCUT2D eigenvalue weighted by atomic mass is 10.1. The molecule has 1 unspecified atom stereocenters. The Morgan fingerprint density at radius 1 is 1.33 bits per heavy atom. The van der Waals surface area contributed by atoms with Crippen molar-refractivity contribution in [2.45, 2.75) is 39.7 Å². The molecule has 0 saturated carbocycles. The van der Waals surface area contributed by atoms with Gasteiger partial charge in [-0.15, -0.1) is 0 Å². The van der Waals surface area contributed by atoms with Gasteiger partial charge in [-0.05, 0) is 27.2 Å². The molecule has 0 aromatic heterocycles. The first-order valence-electron chi connectivity index (χ1n) is 6.01. The third-order valence-corrected chi connectivity index (χ3v) is 2.08. The van der Waals surface area contributed by atoms with Gasteiger partial charge in [0.1, 0.15) is 5.60 Å². The molecule has 0 spiro atoms. The molecule has 0 aliphatic rings. The standard InChI is InChI=1S/C13H23NO4/c1-6-10(11(15)17-5)8-7-9-14-12(16)18-13(2,3)4/h7-8,10H,6,9H2,1-5H3,(H,14,16)/b8-7-. The lowest BCUT2D eigenvalue weighted by Gasteiger charge is -2.19. The second kappa shape index (κ2) is 7.74. The Morgan fingerprint density at radius 2 is 1.94 bits per heavy atom. The van der Waals surface area contributed by atoms with Crippen molar-refractivity contribution < 1.29 is 19.1 Å². The molecule has 1 atom stereocenters. The number of ether oxygens (including phenoxy) is 2. The maximum absolute atomic E-state index is 11.3. The maximum Gasteiger partial charge on any atom is 0.407 e. The van der Waals surface area contributed by atoms with Crippen LogP contribution in [0.15, 0.2) is 12.2 Å². The fourth-order valence-corrected chi connectivity index (χ4v) is 1.22. The Bertz CT molecular complexity index is 305. The van der Waals surface area contributed by atoms with Crippen LogP contribution in [-0.2, 0) is 14.3 Å². The topological polar surface area (TPSA) is 64.6 Å². The minimum absolute atomic E-state index is 0.268. The molecule has 0 bridgehead atoms. The number of esters is 1. The molecule has 5 heteroatoms. The highest BCUT2D eigenvalue weighted by molar-refractivity contribution is 5.74. The van der Waals surface area contributed by atoms with Crippen LogP contribution in [0.2, 0.25) is 0 Å². The molecular formula is C13H23NO4. The van der Waals surface area contributed by atoms with E-state index in [9.17, 15) is 9.59 Å². The number of amides is 1. The fraction of sp³-hybridized carbons (Fsp3) is 0.692. The number of hydrogen-bond donors (Lipinski definition) is 1. The Kier molecular flexibility index (Phi) is 7.08. The van der Waals surface area contributed by atoms with Crippen LogP contribution in [0.4, 0.5) is 4.79 Å². The number of methoxy groups -OCH3 is 1. The lowest BCUT2D eigenvalue weighted by molar-refractivity contribution is -0.143. The summed E-state index contributed by atoms with van der Waals surface area (Å²) in [6, 6.07) is 0. The molecule has 5 nitrogen and oxygen atoms in total. The summed E-state index contributed by atoms with van der Waals surface area (Å²) in [5.41, 5.74) is -0.508. The molecule has 0 aliphatic heterocycles. The largest absolute Gasteiger partial charge is 0.469 e. The average molecular weight is 257 g/mol. The van der Waals surface area contributed by atoms with Crippen LogP contribution in [0, 0.1) is 5.92 Å². The second-order valence-corrected chi connectivity index (χ2v) is 4.85. The minimum atomic E-state index is -0.508. The third kappa shape index (κ3) is 7.70. The number of alkyl carbamates (subject to hydrolysis) is 1. The van der Waals surface area contributed by atoms with Crippen LogP contribution < -0.4 is 5.32 Å². The summed E-state index contributed by atoms with van der Waals surface area (Å²) in [5.74, 6) is -0.540. The first-order valence-corrected chi connectivity index (χ1v) is 6.01. The van der Waals surface area contributed by atoms with Gasteiger partial charge in [-0.3, -0.25) is 4.79 Å². The summed E-state index contributed by atoms with van der Waals surface area (Å²) in [6.45, 7) is 7.61. The maximum atomic E-state index is 11.3. The van der Waals surface area contributed by atoms with Gasteiger partial charge >= 0.3 is 12.1 Å². The smallest absolute Gasteiger partial charge is 0.407 e. The number of rotatable bonds is 5. The van der Waals surface area contributed by atoms with Crippen molar-refractivity contribution in [2.75, 3.05) is 13.7 Å². The summed E-state index contributed by atoms with van der Waals surface area (Å²) in [6.07, 6.45) is 3.63.